The number of rotatable bonds is 9. The van der Waals surface area contributed by atoms with E-state index in [4.69, 9.17) is 10.8 Å². The lowest BCUT2D eigenvalue weighted by Gasteiger charge is -2.04. The number of hydrogen-bond donors (Lipinski definition) is 3. The van der Waals surface area contributed by atoms with Gasteiger partial charge in [0, 0.05) is 21.3 Å². The summed E-state index contributed by atoms with van der Waals surface area (Å²) < 4.78 is 4.37. The molecule has 1 saturated heterocycles. The van der Waals surface area contributed by atoms with E-state index >= 15 is 0 Å². The van der Waals surface area contributed by atoms with E-state index in [0.717, 1.165) is 9.79 Å². The van der Waals surface area contributed by atoms with Gasteiger partial charge in [-0.1, -0.05) is 79.6 Å². The highest BCUT2D eigenvalue weighted by molar-refractivity contribution is 8.77. The number of ether oxygens (including phenoxy) is 1. The van der Waals surface area contributed by atoms with Gasteiger partial charge in [-0.15, -0.1) is 0 Å². The third kappa shape index (κ3) is 9.35. The Morgan fingerprint density at radius 1 is 1.00 bits per heavy atom. The second-order valence-corrected chi connectivity index (χ2v) is 10.5. The van der Waals surface area contributed by atoms with Crippen LogP contribution in [0.4, 0.5) is 4.79 Å². The van der Waals surface area contributed by atoms with Crippen LogP contribution in [0, 0.1) is 0 Å². The molecule has 1 aliphatic heterocycles. The monoisotopic (exact) mass is 484 g/mol. The number of carbonyl (C=O) groups is 3. The number of carbonyl (C=O) groups excluding carboxylic acids is 2. The van der Waals surface area contributed by atoms with Crippen molar-refractivity contribution < 1.29 is 24.2 Å². The smallest absolute Gasteiger partial charge is 0.415 e. The van der Waals surface area contributed by atoms with Crippen molar-refractivity contribution in [2.45, 2.75) is 21.9 Å². The van der Waals surface area contributed by atoms with Gasteiger partial charge in [0.25, 0.3) is 0 Å². The maximum absolute atomic E-state index is 11.1. The lowest BCUT2D eigenvalue weighted by molar-refractivity contribution is -0.138. The second kappa shape index (κ2) is 13.5. The van der Waals surface area contributed by atoms with Crippen LogP contribution in [0.5, 0.6) is 0 Å². The normalized spacial score (nSPS) is 16.1. The van der Waals surface area contributed by atoms with Crippen molar-refractivity contribution in [3.8, 4) is 0 Å². The van der Waals surface area contributed by atoms with Gasteiger partial charge in [-0.25, -0.2) is 9.59 Å². The van der Waals surface area contributed by atoms with E-state index in [0.29, 0.717) is 11.5 Å². The molecule has 2 aromatic rings. The Labute approximate surface area is 190 Å². The van der Waals surface area contributed by atoms with Crippen molar-refractivity contribution in [3.63, 3.8) is 0 Å². The van der Waals surface area contributed by atoms with E-state index in [1.54, 1.807) is 10.8 Å². The Hall–Kier alpha value is -1.79. The van der Waals surface area contributed by atoms with Crippen LogP contribution in [0.2, 0.25) is 0 Å². The zero-order valence-electron chi connectivity index (χ0n) is 15.6. The van der Waals surface area contributed by atoms with Crippen molar-refractivity contribution in [1.82, 2.24) is 5.32 Å². The Kier molecular flexibility index (Phi) is 11.0. The van der Waals surface area contributed by atoms with Crippen LogP contribution >= 0.6 is 43.2 Å². The quantitative estimate of drug-likeness (QED) is 0.275. The van der Waals surface area contributed by atoms with Gasteiger partial charge in [-0.05, 0) is 24.3 Å². The fourth-order valence-electron chi connectivity index (χ4n) is 1.87. The molecule has 0 aromatic heterocycles. The number of nitrogens with two attached hydrogens (primary N) is 1. The summed E-state index contributed by atoms with van der Waals surface area (Å²) in [5.74, 6) is -0.531. The Morgan fingerprint density at radius 2 is 1.53 bits per heavy atom. The first kappa shape index (κ1) is 24.5. The van der Waals surface area contributed by atoms with Crippen LogP contribution in [0.15, 0.2) is 70.5 Å². The van der Waals surface area contributed by atoms with E-state index in [-0.39, 0.29) is 0 Å². The van der Waals surface area contributed by atoms with Gasteiger partial charge in [0.15, 0.2) is 0 Å². The molecule has 160 valence electrons. The first-order valence-corrected chi connectivity index (χ1v) is 13.3. The van der Waals surface area contributed by atoms with E-state index < -0.39 is 30.1 Å². The Morgan fingerprint density at radius 3 is 2.00 bits per heavy atom. The van der Waals surface area contributed by atoms with Gasteiger partial charge in [0.1, 0.15) is 12.1 Å². The highest BCUT2D eigenvalue weighted by Gasteiger charge is 2.32. The number of esters is 1. The molecule has 0 saturated carbocycles. The molecule has 11 heteroatoms. The summed E-state index contributed by atoms with van der Waals surface area (Å²) in [5, 5.41) is 11.0. The average molecular weight is 485 g/mol. The summed E-state index contributed by atoms with van der Waals surface area (Å²) >= 11 is 0. The number of cyclic esters (lactones) is 2. The maximum Gasteiger partial charge on any atom is 0.415 e. The standard InChI is InChI=1S/C10H9NO3S2.C9H11NO2S2/c12-9-8(11-10(13)14-9)6-15-16-7-4-2-1-3-5-7;10-8(9(11)12)6-13-14-7-4-2-1-3-5-7/h1-5,8H,6H2,(H,11,13);1-5,8H,6,10H2,(H,11,12)/t2*8-/m00/s1. The van der Waals surface area contributed by atoms with Gasteiger partial charge in [-0.3, -0.25) is 4.79 Å². The third-order valence-electron chi connectivity index (χ3n) is 3.37. The number of amides is 1. The van der Waals surface area contributed by atoms with Crippen molar-refractivity contribution in [1.29, 1.82) is 0 Å². The average Bonchev–Trinajstić information content (AvgIpc) is 3.07. The molecular formula is C19H20N2O5S4. The van der Waals surface area contributed by atoms with Crippen molar-refractivity contribution in [2.75, 3.05) is 11.5 Å². The van der Waals surface area contributed by atoms with Crippen molar-refractivity contribution in [3.05, 3.63) is 60.7 Å². The Bertz CT molecular complexity index is 826. The highest BCUT2D eigenvalue weighted by Crippen LogP contribution is 2.31. The highest BCUT2D eigenvalue weighted by atomic mass is 33.1. The van der Waals surface area contributed by atoms with E-state index in [1.807, 2.05) is 60.7 Å². The Balaban J connectivity index is 0.000000216. The summed E-state index contributed by atoms with van der Waals surface area (Å²) in [5.41, 5.74) is 5.35. The predicted molar refractivity (Wildman–Crippen MR) is 124 cm³/mol. The van der Waals surface area contributed by atoms with Crippen LogP contribution in [-0.4, -0.2) is 46.7 Å². The first-order chi connectivity index (χ1) is 14.5. The SMILES string of the molecule is N[C@@H](CSSc1ccccc1)C(=O)O.O=C1N[C@@H](CSSc2ccccc2)C(=O)O1. The molecule has 0 aliphatic carbocycles. The van der Waals surface area contributed by atoms with Crippen LogP contribution in [0.3, 0.4) is 0 Å². The summed E-state index contributed by atoms with van der Waals surface area (Å²) in [6.07, 6.45) is -0.652. The van der Waals surface area contributed by atoms with Crippen LogP contribution in [0.1, 0.15) is 0 Å². The van der Waals surface area contributed by atoms with Gasteiger partial charge in [-0.2, -0.15) is 0 Å². The third-order valence-corrected chi connectivity index (χ3v) is 8.17. The zero-order chi connectivity index (χ0) is 21.8. The van der Waals surface area contributed by atoms with E-state index in [2.05, 4.69) is 10.1 Å². The predicted octanol–water partition coefficient (Wildman–Crippen LogP) is 3.90. The summed E-state index contributed by atoms with van der Waals surface area (Å²) in [7, 11) is 6.07. The molecule has 0 bridgehead atoms. The fraction of sp³-hybridized carbons (Fsp3) is 0.211. The largest absolute Gasteiger partial charge is 0.480 e. The zero-order valence-corrected chi connectivity index (χ0v) is 18.9. The molecule has 1 amide bonds. The number of carboxylic acids is 1. The summed E-state index contributed by atoms with van der Waals surface area (Å²) in [6.45, 7) is 0. The van der Waals surface area contributed by atoms with Crippen LogP contribution in [-0.2, 0) is 14.3 Å². The van der Waals surface area contributed by atoms with E-state index in [9.17, 15) is 14.4 Å². The van der Waals surface area contributed by atoms with Gasteiger partial charge < -0.3 is 20.9 Å². The molecule has 1 aliphatic rings. The van der Waals surface area contributed by atoms with Crippen LogP contribution < -0.4 is 11.1 Å². The molecular weight excluding hydrogens is 464 g/mol. The molecule has 2 atom stereocenters. The number of alkyl carbamates (subject to hydrolysis) is 1. The topological polar surface area (TPSA) is 119 Å². The number of carboxylic acid groups (broad SMARTS) is 1. The molecule has 30 heavy (non-hydrogen) atoms. The number of benzene rings is 2. The number of nitrogens with one attached hydrogen (secondary N) is 1. The summed E-state index contributed by atoms with van der Waals surface area (Å²) in [4.78, 5) is 34.4. The van der Waals surface area contributed by atoms with Crippen molar-refractivity contribution in [2.24, 2.45) is 5.73 Å². The second-order valence-electron chi connectivity index (χ2n) is 5.71. The number of aliphatic carboxylic acids is 1. The molecule has 1 fully saturated rings. The molecule has 7 nitrogen and oxygen atoms in total. The minimum atomic E-state index is -0.953. The van der Waals surface area contributed by atoms with Gasteiger partial charge >= 0.3 is 18.0 Å². The lowest BCUT2D eigenvalue weighted by atomic mass is 10.4. The molecule has 0 radical (unpaired) electrons. The molecule has 0 unspecified atom stereocenters. The molecule has 3 rings (SSSR count). The molecule has 1 heterocycles. The molecule has 4 N–H and O–H groups in total. The maximum atomic E-state index is 11.1. The van der Waals surface area contributed by atoms with Crippen LogP contribution in [0.25, 0.3) is 0 Å². The van der Waals surface area contributed by atoms with Gasteiger partial charge in [0.2, 0.25) is 0 Å². The fourth-order valence-corrected chi connectivity index (χ4v) is 6.20. The van der Waals surface area contributed by atoms with E-state index in [1.165, 1.54) is 32.4 Å². The van der Waals surface area contributed by atoms with Gasteiger partial charge in [0.05, 0.1) is 0 Å². The van der Waals surface area contributed by atoms with Crippen molar-refractivity contribution >= 4 is 61.2 Å². The first-order valence-electron chi connectivity index (χ1n) is 8.65. The minimum Gasteiger partial charge on any atom is -0.480 e. The molecule has 0 spiro atoms. The summed E-state index contributed by atoms with van der Waals surface area (Å²) in [6, 6.07) is 18.3. The lowest BCUT2D eigenvalue weighted by Crippen LogP contribution is -2.32. The minimum absolute atomic E-state index is 0.412. The molecule has 2 aromatic carbocycles. The number of hydrogen-bond acceptors (Lipinski definition) is 9.